The van der Waals surface area contributed by atoms with Gasteiger partial charge in [0.05, 0.1) is 31.3 Å². The first-order chi connectivity index (χ1) is 13.6. The number of esters is 1. The van der Waals surface area contributed by atoms with Crippen molar-refractivity contribution >= 4 is 23.8 Å². The molecule has 29 heavy (non-hydrogen) atoms. The lowest BCUT2D eigenvalue weighted by Crippen LogP contribution is -2.61. The Balaban J connectivity index is 3.26. The summed E-state index contributed by atoms with van der Waals surface area (Å²) in [5, 5.41) is 23.9. The molecule has 1 rings (SSSR count). The van der Waals surface area contributed by atoms with Crippen molar-refractivity contribution in [3.63, 3.8) is 0 Å². The summed E-state index contributed by atoms with van der Waals surface area (Å²) in [6.45, 7) is 6.90. The van der Waals surface area contributed by atoms with Gasteiger partial charge in [0.2, 0.25) is 5.91 Å². The standard InChI is InChI=1S/C19H30N2O8/c1-5-10(3)29-15-8-12(19(27)28-6-2)7-13(17(15)20-11(4)22)21-14(18(25)26)9-16(23)24/h8,10,13-15,17,21H,5-7,9H2,1-4H3,(H,20,22)(H,23,24)(H,25,26)/t10?,13-,14?,15+,17+/m0/s1. The fraction of sp³-hybridized carbons (Fsp3) is 0.684. The zero-order chi connectivity index (χ0) is 22.1. The van der Waals surface area contributed by atoms with Crippen LogP contribution in [0.5, 0.6) is 0 Å². The van der Waals surface area contributed by atoms with E-state index in [4.69, 9.17) is 14.6 Å². The number of hydrogen-bond acceptors (Lipinski definition) is 7. The number of ether oxygens (including phenoxy) is 2. The number of rotatable bonds is 11. The van der Waals surface area contributed by atoms with Crippen molar-refractivity contribution in [2.45, 2.75) is 77.3 Å². The predicted molar refractivity (Wildman–Crippen MR) is 102 cm³/mol. The van der Waals surface area contributed by atoms with Crippen LogP contribution >= 0.6 is 0 Å². The molecule has 10 nitrogen and oxygen atoms in total. The number of carboxylic acids is 2. The van der Waals surface area contributed by atoms with E-state index in [1.807, 2.05) is 13.8 Å². The molecule has 0 fully saturated rings. The number of amides is 1. The zero-order valence-corrected chi connectivity index (χ0v) is 17.1. The second kappa shape index (κ2) is 11.5. The van der Waals surface area contributed by atoms with Crippen LogP contribution in [0.4, 0.5) is 0 Å². The highest BCUT2D eigenvalue weighted by atomic mass is 16.5. The molecule has 0 aromatic carbocycles. The molecule has 1 amide bonds. The van der Waals surface area contributed by atoms with Crippen molar-refractivity contribution in [2.24, 2.45) is 0 Å². The van der Waals surface area contributed by atoms with E-state index in [0.29, 0.717) is 6.42 Å². The average molecular weight is 414 g/mol. The lowest BCUT2D eigenvalue weighted by atomic mass is 9.86. The van der Waals surface area contributed by atoms with Crippen LogP contribution in [0.15, 0.2) is 11.6 Å². The minimum atomic E-state index is -1.40. The number of nitrogens with one attached hydrogen (secondary N) is 2. The molecule has 1 aliphatic rings. The molecule has 0 aliphatic heterocycles. The van der Waals surface area contributed by atoms with Crippen LogP contribution < -0.4 is 10.6 Å². The number of aliphatic carboxylic acids is 2. The van der Waals surface area contributed by atoms with Crippen molar-refractivity contribution in [1.29, 1.82) is 0 Å². The van der Waals surface area contributed by atoms with E-state index in [9.17, 15) is 24.3 Å². The maximum absolute atomic E-state index is 12.3. The molecule has 0 saturated heterocycles. The molecular formula is C19H30N2O8. The maximum Gasteiger partial charge on any atom is 0.333 e. The first-order valence-electron chi connectivity index (χ1n) is 9.59. The largest absolute Gasteiger partial charge is 0.481 e. The van der Waals surface area contributed by atoms with Crippen LogP contribution in [0.25, 0.3) is 0 Å². The van der Waals surface area contributed by atoms with Gasteiger partial charge in [-0.2, -0.15) is 0 Å². The molecule has 0 heterocycles. The molecule has 0 bridgehead atoms. The number of hydrogen-bond donors (Lipinski definition) is 4. The van der Waals surface area contributed by atoms with Gasteiger partial charge in [-0.3, -0.25) is 19.7 Å². The molecule has 5 atom stereocenters. The van der Waals surface area contributed by atoms with Gasteiger partial charge in [0.15, 0.2) is 0 Å². The maximum atomic E-state index is 12.3. The summed E-state index contributed by atoms with van der Waals surface area (Å²) in [5.74, 6) is -3.56. The van der Waals surface area contributed by atoms with Gasteiger partial charge in [-0.1, -0.05) is 6.92 Å². The quantitative estimate of drug-likeness (QED) is 0.353. The number of carbonyl (C=O) groups is 4. The van der Waals surface area contributed by atoms with Gasteiger partial charge in [0.1, 0.15) is 6.04 Å². The second-order valence-corrected chi connectivity index (χ2v) is 6.92. The van der Waals surface area contributed by atoms with Crippen LogP contribution in [0, 0.1) is 0 Å². The highest BCUT2D eigenvalue weighted by Gasteiger charge is 2.39. The molecule has 0 spiro atoms. The Hall–Kier alpha value is -2.46. The van der Waals surface area contributed by atoms with Crippen molar-refractivity contribution in [3.8, 4) is 0 Å². The molecular weight excluding hydrogens is 384 g/mol. The summed E-state index contributed by atoms with van der Waals surface area (Å²) in [6.07, 6.45) is 0.737. The van der Waals surface area contributed by atoms with Crippen LogP contribution in [0.2, 0.25) is 0 Å². The third kappa shape index (κ3) is 7.82. The minimum absolute atomic E-state index is 0.0492. The highest BCUT2D eigenvalue weighted by molar-refractivity contribution is 5.89. The van der Waals surface area contributed by atoms with Gasteiger partial charge in [-0.15, -0.1) is 0 Å². The summed E-state index contributed by atoms with van der Waals surface area (Å²) >= 11 is 0. The molecule has 4 N–H and O–H groups in total. The second-order valence-electron chi connectivity index (χ2n) is 6.92. The van der Waals surface area contributed by atoms with Crippen molar-refractivity contribution < 1.29 is 38.9 Å². The summed E-state index contributed by atoms with van der Waals surface area (Å²) < 4.78 is 11.0. The van der Waals surface area contributed by atoms with Crippen molar-refractivity contribution in [2.75, 3.05) is 6.61 Å². The molecule has 1 aliphatic carbocycles. The minimum Gasteiger partial charge on any atom is -0.481 e. The Morgan fingerprint density at radius 3 is 2.38 bits per heavy atom. The molecule has 0 radical (unpaired) electrons. The van der Waals surface area contributed by atoms with Gasteiger partial charge in [0, 0.05) is 18.5 Å². The van der Waals surface area contributed by atoms with E-state index in [1.165, 1.54) is 6.92 Å². The normalized spacial score (nSPS) is 23.4. The fourth-order valence-electron chi connectivity index (χ4n) is 3.06. The third-order valence-electron chi connectivity index (χ3n) is 4.56. The Labute approximate surface area is 169 Å². The highest BCUT2D eigenvalue weighted by Crippen LogP contribution is 2.25. The predicted octanol–water partition coefficient (Wildman–Crippen LogP) is 0.454. The first-order valence-corrected chi connectivity index (χ1v) is 9.59. The fourth-order valence-corrected chi connectivity index (χ4v) is 3.06. The third-order valence-corrected chi connectivity index (χ3v) is 4.56. The Morgan fingerprint density at radius 2 is 1.90 bits per heavy atom. The van der Waals surface area contributed by atoms with Gasteiger partial charge in [-0.05, 0) is 32.8 Å². The molecule has 0 saturated carbocycles. The number of carboxylic acid groups (broad SMARTS) is 2. The van der Waals surface area contributed by atoms with Crippen LogP contribution in [-0.2, 0) is 28.7 Å². The van der Waals surface area contributed by atoms with Crippen LogP contribution in [0.3, 0.4) is 0 Å². The SMILES string of the molecule is CCOC(=O)C1=C[C@@H](OC(C)CC)[C@H](NC(C)=O)[C@@H](NC(CC(=O)O)C(=O)O)C1. The van der Waals surface area contributed by atoms with Gasteiger partial charge in [0.25, 0.3) is 0 Å². The van der Waals surface area contributed by atoms with Gasteiger partial charge >= 0.3 is 17.9 Å². The zero-order valence-electron chi connectivity index (χ0n) is 17.1. The van der Waals surface area contributed by atoms with E-state index in [-0.39, 0.29) is 30.6 Å². The van der Waals surface area contributed by atoms with E-state index in [1.54, 1.807) is 13.0 Å². The molecule has 0 aromatic heterocycles. The monoisotopic (exact) mass is 414 g/mol. The smallest absolute Gasteiger partial charge is 0.333 e. The number of carbonyl (C=O) groups excluding carboxylic acids is 2. The molecule has 2 unspecified atom stereocenters. The topological polar surface area (TPSA) is 151 Å². The summed E-state index contributed by atoms with van der Waals surface area (Å²) in [4.78, 5) is 46.6. The van der Waals surface area contributed by atoms with E-state index in [2.05, 4.69) is 10.6 Å². The average Bonchev–Trinajstić information content (AvgIpc) is 2.62. The summed E-state index contributed by atoms with van der Waals surface area (Å²) in [5.41, 5.74) is 0.277. The Morgan fingerprint density at radius 1 is 1.24 bits per heavy atom. The van der Waals surface area contributed by atoms with E-state index >= 15 is 0 Å². The summed E-state index contributed by atoms with van der Waals surface area (Å²) in [6, 6.07) is -2.85. The van der Waals surface area contributed by atoms with Crippen LogP contribution in [-0.4, -0.2) is 71.0 Å². The van der Waals surface area contributed by atoms with E-state index in [0.717, 1.165) is 0 Å². The van der Waals surface area contributed by atoms with Crippen LogP contribution in [0.1, 0.15) is 47.0 Å². The first kappa shape index (κ1) is 24.6. The van der Waals surface area contributed by atoms with E-state index < -0.39 is 48.6 Å². The molecule has 10 heteroatoms. The lowest BCUT2D eigenvalue weighted by Gasteiger charge is -2.39. The van der Waals surface area contributed by atoms with Gasteiger partial charge < -0.3 is 25.0 Å². The lowest BCUT2D eigenvalue weighted by molar-refractivity contribution is -0.146. The Bertz CT molecular complexity index is 648. The molecule has 164 valence electrons. The van der Waals surface area contributed by atoms with Gasteiger partial charge in [-0.25, -0.2) is 4.79 Å². The summed E-state index contributed by atoms with van der Waals surface area (Å²) in [7, 11) is 0. The van der Waals surface area contributed by atoms with Crippen molar-refractivity contribution in [1.82, 2.24) is 10.6 Å². The van der Waals surface area contributed by atoms with Crippen molar-refractivity contribution in [3.05, 3.63) is 11.6 Å². The Kier molecular flexibility index (Phi) is 9.76. The molecule has 0 aromatic rings.